The van der Waals surface area contributed by atoms with Crippen molar-refractivity contribution in [1.29, 1.82) is 0 Å². The maximum Gasteiger partial charge on any atom is 0.125 e. The minimum Gasteiger partial charge on any atom is -0.392 e. The van der Waals surface area contributed by atoms with E-state index >= 15 is 0 Å². The SMILES string of the molecule is CN(CC(C)(C)C)c1cc(F)cc(CO)c1. The molecule has 1 rings (SSSR count). The second-order valence-electron chi connectivity index (χ2n) is 5.39. The fraction of sp³-hybridized carbons (Fsp3) is 0.538. The van der Waals surface area contributed by atoms with Crippen molar-refractivity contribution in [1.82, 2.24) is 0 Å². The van der Waals surface area contributed by atoms with Gasteiger partial charge in [-0.3, -0.25) is 0 Å². The van der Waals surface area contributed by atoms with Gasteiger partial charge in [-0.15, -0.1) is 0 Å². The van der Waals surface area contributed by atoms with Gasteiger partial charge in [0.1, 0.15) is 5.82 Å². The summed E-state index contributed by atoms with van der Waals surface area (Å²) in [7, 11) is 1.93. The molecule has 1 aromatic rings. The van der Waals surface area contributed by atoms with Crippen molar-refractivity contribution >= 4 is 5.69 Å². The lowest BCUT2D eigenvalue weighted by atomic mass is 9.96. The largest absolute Gasteiger partial charge is 0.392 e. The summed E-state index contributed by atoms with van der Waals surface area (Å²) in [5, 5.41) is 9.02. The highest BCUT2D eigenvalue weighted by Crippen LogP contribution is 2.22. The number of anilines is 1. The van der Waals surface area contributed by atoms with Gasteiger partial charge in [0.2, 0.25) is 0 Å². The van der Waals surface area contributed by atoms with E-state index < -0.39 is 0 Å². The summed E-state index contributed by atoms with van der Waals surface area (Å²) in [6.07, 6.45) is 0. The fourth-order valence-corrected chi connectivity index (χ4v) is 1.75. The van der Waals surface area contributed by atoms with E-state index in [9.17, 15) is 4.39 Å². The topological polar surface area (TPSA) is 23.5 Å². The van der Waals surface area contributed by atoms with Crippen molar-refractivity contribution in [2.24, 2.45) is 5.41 Å². The molecule has 0 aliphatic carbocycles. The standard InChI is InChI=1S/C13H20FNO/c1-13(2,3)9-15(4)12-6-10(8-16)5-11(14)7-12/h5-7,16H,8-9H2,1-4H3. The lowest BCUT2D eigenvalue weighted by Crippen LogP contribution is -2.29. The lowest BCUT2D eigenvalue weighted by Gasteiger charge is -2.28. The van der Waals surface area contributed by atoms with E-state index in [0.717, 1.165) is 12.2 Å². The predicted octanol–water partition coefficient (Wildman–Crippen LogP) is 2.80. The lowest BCUT2D eigenvalue weighted by molar-refractivity contribution is 0.281. The Bertz CT molecular complexity index is 357. The van der Waals surface area contributed by atoms with Crippen LogP contribution in [0.5, 0.6) is 0 Å². The summed E-state index contributed by atoms with van der Waals surface area (Å²) >= 11 is 0. The first kappa shape index (κ1) is 13.0. The number of aliphatic hydroxyl groups excluding tert-OH is 1. The van der Waals surface area contributed by atoms with Crippen LogP contribution in [0.15, 0.2) is 18.2 Å². The molecule has 0 aromatic heterocycles. The molecule has 0 aliphatic rings. The predicted molar refractivity (Wildman–Crippen MR) is 65.0 cm³/mol. The van der Waals surface area contributed by atoms with Crippen molar-refractivity contribution in [3.63, 3.8) is 0 Å². The Hall–Kier alpha value is -1.09. The molecule has 0 atom stereocenters. The van der Waals surface area contributed by atoms with Crippen LogP contribution in [0.2, 0.25) is 0 Å². The second-order valence-corrected chi connectivity index (χ2v) is 5.39. The van der Waals surface area contributed by atoms with Gasteiger partial charge in [0.05, 0.1) is 6.61 Å². The van der Waals surface area contributed by atoms with Gasteiger partial charge in [-0.2, -0.15) is 0 Å². The van der Waals surface area contributed by atoms with Gasteiger partial charge in [0.25, 0.3) is 0 Å². The Morgan fingerprint density at radius 2 is 1.88 bits per heavy atom. The molecule has 0 bridgehead atoms. The molecule has 0 fully saturated rings. The summed E-state index contributed by atoms with van der Waals surface area (Å²) in [4.78, 5) is 2.00. The van der Waals surface area contributed by atoms with E-state index in [1.807, 2.05) is 18.0 Å². The van der Waals surface area contributed by atoms with Crippen LogP contribution in [0.25, 0.3) is 0 Å². The minimum absolute atomic E-state index is 0.131. The molecule has 3 heteroatoms. The van der Waals surface area contributed by atoms with E-state index in [-0.39, 0.29) is 17.8 Å². The first-order valence-electron chi connectivity index (χ1n) is 5.43. The molecule has 0 amide bonds. The third-order valence-electron chi connectivity index (χ3n) is 2.28. The molecule has 90 valence electrons. The maximum absolute atomic E-state index is 13.3. The van der Waals surface area contributed by atoms with Crippen molar-refractivity contribution in [3.8, 4) is 0 Å². The van der Waals surface area contributed by atoms with Crippen LogP contribution in [-0.2, 0) is 6.61 Å². The number of nitrogens with zero attached hydrogens (tertiary/aromatic N) is 1. The van der Waals surface area contributed by atoms with E-state index in [0.29, 0.717) is 5.56 Å². The normalized spacial score (nSPS) is 11.6. The first-order valence-corrected chi connectivity index (χ1v) is 5.43. The molecule has 2 nitrogen and oxygen atoms in total. The van der Waals surface area contributed by atoms with E-state index in [1.165, 1.54) is 12.1 Å². The molecule has 1 aromatic carbocycles. The zero-order chi connectivity index (χ0) is 12.3. The Morgan fingerprint density at radius 1 is 1.25 bits per heavy atom. The maximum atomic E-state index is 13.3. The molecule has 0 heterocycles. The van der Waals surface area contributed by atoms with Gasteiger partial charge in [-0.1, -0.05) is 20.8 Å². The second kappa shape index (κ2) is 4.83. The van der Waals surface area contributed by atoms with Crippen molar-refractivity contribution in [2.45, 2.75) is 27.4 Å². The molecule has 0 spiro atoms. The number of hydrogen-bond donors (Lipinski definition) is 1. The Morgan fingerprint density at radius 3 is 2.38 bits per heavy atom. The van der Waals surface area contributed by atoms with E-state index in [2.05, 4.69) is 20.8 Å². The van der Waals surface area contributed by atoms with Crippen LogP contribution < -0.4 is 4.90 Å². The number of rotatable bonds is 3. The number of halogens is 1. The molecule has 0 saturated heterocycles. The van der Waals surface area contributed by atoms with Crippen LogP contribution in [-0.4, -0.2) is 18.7 Å². The zero-order valence-electron chi connectivity index (χ0n) is 10.4. The third-order valence-corrected chi connectivity index (χ3v) is 2.28. The van der Waals surface area contributed by atoms with Crippen LogP contribution in [0, 0.1) is 11.2 Å². The summed E-state index contributed by atoms with van der Waals surface area (Å²) in [6.45, 7) is 7.11. The smallest absolute Gasteiger partial charge is 0.125 e. The Balaban J connectivity index is 2.90. The highest BCUT2D eigenvalue weighted by atomic mass is 19.1. The highest BCUT2D eigenvalue weighted by molar-refractivity contribution is 5.48. The molecular formula is C13H20FNO. The summed E-state index contributed by atoms with van der Waals surface area (Å²) in [5.74, 6) is -0.303. The number of aliphatic hydroxyl groups is 1. The van der Waals surface area contributed by atoms with E-state index in [4.69, 9.17) is 5.11 Å². The molecule has 0 aliphatic heterocycles. The van der Waals surface area contributed by atoms with Crippen LogP contribution in [0.3, 0.4) is 0 Å². The van der Waals surface area contributed by atoms with Crippen LogP contribution in [0.1, 0.15) is 26.3 Å². The summed E-state index contributed by atoms with van der Waals surface area (Å²) < 4.78 is 13.3. The minimum atomic E-state index is -0.303. The quantitative estimate of drug-likeness (QED) is 0.855. The molecule has 0 saturated carbocycles. The number of hydrogen-bond acceptors (Lipinski definition) is 2. The van der Waals surface area contributed by atoms with Gasteiger partial charge < -0.3 is 10.0 Å². The van der Waals surface area contributed by atoms with Gasteiger partial charge in [0.15, 0.2) is 0 Å². The van der Waals surface area contributed by atoms with Crippen LogP contribution in [0.4, 0.5) is 10.1 Å². The fourth-order valence-electron chi connectivity index (χ4n) is 1.75. The van der Waals surface area contributed by atoms with Gasteiger partial charge >= 0.3 is 0 Å². The summed E-state index contributed by atoms with van der Waals surface area (Å²) in [5.41, 5.74) is 1.57. The monoisotopic (exact) mass is 225 g/mol. The highest BCUT2D eigenvalue weighted by Gasteiger charge is 2.14. The van der Waals surface area contributed by atoms with E-state index in [1.54, 1.807) is 0 Å². The third kappa shape index (κ3) is 3.81. The van der Waals surface area contributed by atoms with Gasteiger partial charge in [0, 0.05) is 19.3 Å². The van der Waals surface area contributed by atoms with Crippen molar-refractivity contribution in [3.05, 3.63) is 29.6 Å². The Labute approximate surface area is 96.7 Å². The molecule has 0 radical (unpaired) electrons. The average Bonchev–Trinajstić information content (AvgIpc) is 2.14. The zero-order valence-corrected chi connectivity index (χ0v) is 10.4. The average molecular weight is 225 g/mol. The summed E-state index contributed by atoms with van der Waals surface area (Å²) in [6, 6.07) is 4.66. The van der Waals surface area contributed by atoms with Crippen molar-refractivity contribution in [2.75, 3.05) is 18.5 Å². The van der Waals surface area contributed by atoms with Gasteiger partial charge in [-0.05, 0) is 29.2 Å². The molecule has 0 unspecified atom stereocenters. The number of benzene rings is 1. The van der Waals surface area contributed by atoms with Crippen LogP contribution >= 0.6 is 0 Å². The van der Waals surface area contributed by atoms with Crippen molar-refractivity contribution < 1.29 is 9.50 Å². The molecule has 1 N–H and O–H groups in total. The van der Waals surface area contributed by atoms with Gasteiger partial charge in [-0.25, -0.2) is 4.39 Å². The molecule has 16 heavy (non-hydrogen) atoms. The molecular weight excluding hydrogens is 205 g/mol. The first-order chi connectivity index (χ1) is 7.31. The Kier molecular flexibility index (Phi) is 3.92.